The van der Waals surface area contributed by atoms with Crippen LogP contribution in [0, 0.1) is 11.8 Å². The fraction of sp³-hybridized carbons (Fsp3) is 0.677. The first-order valence-electron chi connectivity index (χ1n) is 29.9. The highest BCUT2D eigenvalue weighted by Gasteiger charge is 2.44. The monoisotopic (exact) mass is 1200 g/mol. The number of nitrogens with one attached hydrogen (secondary N) is 1. The maximum atomic E-state index is 15.9. The Hall–Kier alpha value is -6.46. The number of carbonyl (C=O) groups excluding carboxylic acids is 7. The molecule has 0 aromatic heterocycles. The van der Waals surface area contributed by atoms with Crippen molar-refractivity contribution in [3.05, 3.63) is 59.7 Å². The fourth-order valence-electron chi connectivity index (χ4n) is 10.4. The summed E-state index contributed by atoms with van der Waals surface area (Å²) in [6.45, 7) is 12.8. The predicted octanol–water partition coefficient (Wildman–Crippen LogP) is 5.64. The van der Waals surface area contributed by atoms with Crippen molar-refractivity contribution in [2.45, 2.75) is 179 Å². The van der Waals surface area contributed by atoms with Crippen LogP contribution in [-0.4, -0.2) is 208 Å². The molecule has 4 aliphatic rings. The number of esters is 4. The molecule has 4 fully saturated rings. The number of carbonyl (C=O) groups is 8. The third-order valence-electron chi connectivity index (χ3n) is 16.2. The Morgan fingerprint density at radius 2 is 1.01 bits per heavy atom. The lowest BCUT2D eigenvalue weighted by Gasteiger charge is -2.34. The molecule has 2 aliphatic carbocycles. The lowest BCUT2D eigenvalue weighted by molar-refractivity contribution is -0.175. The first-order chi connectivity index (χ1) is 40.1. The highest BCUT2D eigenvalue weighted by Crippen LogP contribution is 2.37. The molecular weight excluding hydrogens is 1110 g/mol. The van der Waals surface area contributed by atoms with Crippen LogP contribution in [0.15, 0.2) is 48.5 Å². The molecule has 2 N–H and O–H groups in total. The van der Waals surface area contributed by atoms with Gasteiger partial charge in [-0.25, -0.2) is 28.0 Å². The second kappa shape index (κ2) is 30.8. The van der Waals surface area contributed by atoms with Crippen LogP contribution in [0.2, 0.25) is 0 Å². The van der Waals surface area contributed by atoms with E-state index in [1.165, 1.54) is 69.7 Å². The normalized spacial score (nSPS) is 18.5. The van der Waals surface area contributed by atoms with Crippen molar-refractivity contribution in [3.63, 3.8) is 0 Å². The smallest absolute Gasteiger partial charge is 0.344 e. The van der Waals surface area contributed by atoms with E-state index in [1.807, 2.05) is 48.5 Å². The van der Waals surface area contributed by atoms with E-state index in [0.29, 0.717) is 58.2 Å². The van der Waals surface area contributed by atoms with Crippen LogP contribution in [0.3, 0.4) is 0 Å². The molecule has 2 aliphatic heterocycles. The number of carboxylic acid groups (broad SMARTS) is 1. The Morgan fingerprint density at radius 3 is 1.45 bits per heavy atom. The van der Waals surface area contributed by atoms with Crippen molar-refractivity contribution in [1.82, 2.24) is 20.0 Å². The number of rotatable bonds is 32. The number of aryl methyl sites for hydroxylation is 1. The minimum atomic E-state index is -2.11. The van der Waals surface area contributed by atoms with Crippen LogP contribution < -0.4 is 15.1 Å². The molecule has 6 rings (SSSR count). The fourth-order valence-corrected chi connectivity index (χ4v) is 10.4. The SMILES string of the molecule is CN[C@@H](CCC(C)(C)F)C(=O)O[C@H](Cc1ccc(N2CCOCC2)cc1)C(=O)N(C)[C@@H](CC1CC1)C(=O)O[C@H](C)C(=O)N(C)[C@@H](CC(C)(C)F)C(=O)O[C@H](CCc1ccc(N2CCOCC2)cc1)C(=O)N(C)[C@@H](CC1CC1)C(=O)O[C@H](C)C(=O)O. The van der Waals surface area contributed by atoms with Crippen molar-refractivity contribution < 1.29 is 80.7 Å². The van der Waals surface area contributed by atoms with E-state index >= 15 is 4.39 Å². The van der Waals surface area contributed by atoms with E-state index < -0.39 is 114 Å². The van der Waals surface area contributed by atoms with E-state index in [-0.39, 0.29) is 56.8 Å². The molecule has 2 aromatic carbocycles. The number of anilines is 2. The molecule has 0 unspecified atom stereocenters. The summed E-state index contributed by atoms with van der Waals surface area (Å²) in [6, 6.07) is 9.88. The molecule has 2 saturated heterocycles. The number of nitrogens with zero attached hydrogens (tertiary/aromatic N) is 5. The summed E-state index contributed by atoms with van der Waals surface area (Å²) < 4.78 is 64.6. The molecule has 3 amide bonds. The van der Waals surface area contributed by atoms with E-state index in [4.69, 9.17) is 28.4 Å². The second-order valence-electron chi connectivity index (χ2n) is 24.4. The number of benzene rings is 2. The van der Waals surface area contributed by atoms with E-state index in [1.54, 1.807) is 0 Å². The van der Waals surface area contributed by atoms with Crippen molar-refractivity contribution in [3.8, 4) is 0 Å². The van der Waals surface area contributed by atoms with Crippen molar-refractivity contribution in [2.24, 2.45) is 11.8 Å². The van der Waals surface area contributed by atoms with Gasteiger partial charge in [-0.05, 0) is 134 Å². The number of hydrogen-bond donors (Lipinski definition) is 2. The molecule has 23 heteroatoms. The number of halogens is 2. The minimum Gasteiger partial charge on any atom is -0.479 e. The number of alkyl halides is 2. The summed E-state index contributed by atoms with van der Waals surface area (Å²) in [6.07, 6.45) is -3.40. The maximum Gasteiger partial charge on any atom is 0.344 e. The Balaban J connectivity index is 1.21. The summed E-state index contributed by atoms with van der Waals surface area (Å²) in [4.78, 5) is 120. The first-order valence-corrected chi connectivity index (χ1v) is 29.9. The summed E-state index contributed by atoms with van der Waals surface area (Å²) in [5.74, 6) is -7.70. The zero-order valence-electron chi connectivity index (χ0n) is 51.2. The van der Waals surface area contributed by atoms with Crippen LogP contribution in [0.5, 0.6) is 0 Å². The largest absolute Gasteiger partial charge is 0.479 e. The van der Waals surface area contributed by atoms with Gasteiger partial charge < -0.3 is 63.3 Å². The highest BCUT2D eigenvalue weighted by molar-refractivity contribution is 5.93. The highest BCUT2D eigenvalue weighted by atomic mass is 19.1. The van der Waals surface area contributed by atoms with Gasteiger partial charge in [-0.1, -0.05) is 49.9 Å². The summed E-state index contributed by atoms with van der Waals surface area (Å²) in [7, 11) is 5.47. The average Bonchev–Trinajstić information content (AvgIpc) is 4.23. The molecule has 0 bridgehead atoms. The van der Waals surface area contributed by atoms with Gasteiger partial charge in [0.25, 0.3) is 17.7 Å². The molecule has 85 heavy (non-hydrogen) atoms. The summed E-state index contributed by atoms with van der Waals surface area (Å²) in [5.41, 5.74) is -0.373. The molecule has 0 spiro atoms. The molecule has 472 valence electrons. The third-order valence-corrected chi connectivity index (χ3v) is 16.2. The molecule has 2 heterocycles. The molecule has 0 radical (unpaired) electrons. The van der Waals surface area contributed by atoms with Crippen molar-refractivity contribution in [2.75, 3.05) is 90.6 Å². The Bertz CT molecular complexity index is 2580. The third kappa shape index (κ3) is 20.9. The van der Waals surface area contributed by atoms with Gasteiger partial charge in [0.05, 0.1) is 26.4 Å². The van der Waals surface area contributed by atoms with E-state index in [9.17, 15) is 47.9 Å². The van der Waals surface area contributed by atoms with Crippen molar-refractivity contribution in [1.29, 1.82) is 0 Å². The molecule has 2 aromatic rings. The number of aliphatic carboxylic acids is 1. The zero-order chi connectivity index (χ0) is 62.3. The second-order valence-corrected chi connectivity index (χ2v) is 24.4. The number of carboxylic acids is 1. The quantitative estimate of drug-likeness (QED) is 0.0665. The van der Waals surface area contributed by atoms with E-state index in [2.05, 4.69) is 15.1 Å². The lowest BCUT2D eigenvalue weighted by atomic mass is 9.99. The number of morpholine rings is 2. The van der Waals surface area contributed by atoms with Gasteiger partial charge >= 0.3 is 29.8 Å². The summed E-state index contributed by atoms with van der Waals surface area (Å²) in [5, 5.41) is 12.4. The average molecular weight is 1200 g/mol. The molecule has 8 atom stereocenters. The number of ether oxygens (including phenoxy) is 6. The predicted molar refractivity (Wildman–Crippen MR) is 311 cm³/mol. The lowest BCUT2D eigenvalue weighted by Crippen LogP contribution is -2.54. The Labute approximate surface area is 498 Å². The van der Waals surface area contributed by atoms with Crippen LogP contribution >= 0.6 is 0 Å². The number of likely N-dealkylation sites (N-methyl/N-ethyl adjacent to an activating group) is 4. The molecular formula is C62H90F2N6O15. The van der Waals surface area contributed by atoms with Crippen LogP contribution in [0.4, 0.5) is 20.2 Å². The van der Waals surface area contributed by atoms with Crippen LogP contribution in [0.1, 0.15) is 117 Å². The van der Waals surface area contributed by atoms with Gasteiger partial charge in [0.15, 0.2) is 24.4 Å². The standard InChI is InChI=1S/C62H90F2N6O15/c1-39(82-58(77)48(35-42-11-12-42)67(9)55(73)52(85-57(76)47(65-7)25-26-61(3,4)63)37-44-17-22-46(23-18-44)70-29-33-81-34-30-70)53(71)68(10)50(38-62(5,6)64)60(79)84-51(24-19-41-15-20-45(21-16-41)69-27-31-80-32-28-69)54(72)66(8)49(36-43-13-14-43)59(78)83-40(2)56(74)75/h15-18,20-23,39-40,42-43,47-52,65H,11-14,19,24-38H2,1-10H3,(H,74,75)/t39-,40-,47+,48+,49+,50+,51-,52-/m1/s1. The van der Waals surface area contributed by atoms with Gasteiger partial charge in [0, 0.05) is 71.5 Å². The first kappa shape index (κ1) is 67.7. The van der Waals surface area contributed by atoms with E-state index in [0.717, 1.165) is 57.3 Å². The van der Waals surface area contributed by atoms with Crippen molar-refractivity contribution >= 4 is 58.9 Å². The molecule has 2 saturated carbocycles. The minimum absolute atomic E-state index is 0.0194. The topological polar surface area (TPSA) is 240 Å². The zero-order valence-corrected chi connectivity index (χ0v) is 51.2. The van der Waals surface area contributed by atoms with Gasteiger partial charge in [0.2, 0.25) is 0 Å². The van der Waals surface area contributed by atoms with Crippen LogP contribution in [0.25, 0.3) is 0 Å². The van der Waals surface area contributed by atoms with Gasteiger partial charge in [-0.2, -0.15) is 0 Å². The van der Waals surface area contributed by atoms with Gasteiger partial charge in [-0.15, -0.1) is 0 Å². The Kier molecular flexibility index (Phi) is 24.5. The maximum absolute atomic E-state index is 15.9. The Morgan fingerprint density at radius 1 is 0.588 bits per heavy atom. The molecule has 21 nitrogen and oxygen atoms in total. The van der Waals surface area contributed by atoms with Crippen LogP contribution in [-0.2, 0) is 79.6 Å². The van der Waals surface area contributed by atoms with Gasteiger partial charge in [0.1, 0.15) is 35.5 Å². The van der Waals surface area contributed by atoms with Gasteiger partial charge in [-0.3, -0.25) is 19.2 Å². The summed E-state index contributed by atoms with van der Waals surface area (Å²) >= 11 is 0. The number of hydrogen-bond acceptors (Lipinski definition) is 17. The number of amides is 3.